The topological polar surface area (TPSA) is 23.8 Å². The standard InChI is InChI=1S/C13H14BrNS/c14-11-5-4-6-12(9-11)16-13(10-15)7-2-1-3-8-13/h4-6,9H,1-3,7-8H2. The van der Waals surface area contributed by atoms with E-state index in [-0.39, 0.29) is 4.75 Å². The Morgan fingerprint density at radius 2 is 2.00 bits per heavy atom. The van der Waals surface area contributed by atoms with Crippen LogP contribution in [0.3, 0.4) is 0 Å². The lowest BCUT2D eigenvalue weighted by Gasteiger charge is -2.29. The molecule has 1 saturated carbocycles. The summed E-state index contributed by atoms with van der Waals surface area (Å²) in [4.78, 5) is 1.19. The molecular weight excluding hydrogens is 282 g/mol. The number of hydrogen-bond acceptors (Lipinski definition) is 2. The van der Waals surface area contributed by atoms with Crippen LogP contribution in [0, 0.1) is 11.3 Å². The number of benzene rings is 1. The minimum absolute atomic E-state index is 0.182. The van der Waals surface area contributed by atoms with Gasteiger partial charge in [-0.3, -0.25) is 0 Å². The summed E-state index contributed by atoms with van der Waals surface area (Å²) in [5.41, 5.74) is 0. The first-order valence-corrected chi connectivity index (χ1v) is 7.21. The van der Waals surface area contributed by atoms with E-state index in [9.17, 15) is 5.26 Å². The van der Waals surface area contributed by atoms with E-state index in [0.717, 1.165) is 17.3 Å². The summed E-state index contributed by atoms with van der Waals surface area (Å²) in [6, 6.07) is 10.8. The van der Waals surface area contributed by atoms with Gasteiger partial charge in [-0.15, -0.1) is 11.8 Å². The van der Waals surface area contributed by atoms with Gasteiger partial charge in [0.15, 0.2) is 0 Å². The van der Waals surface area contributed by atoms with E-state index >= 15 is 0 Å². The first-order chi connectivity index (χ1) is 7.74. The minimum Gasteiger partial charge on any atom is -0.197 e. The molecule has 0 N–H and O–H groups in total. The van der Waals surface area contributed by atoms with Crippen molar-refractivity contribution in [3.05, 3.63) is 28.7 Å². The van der Waals surface area contributed by atoms with Crippen LogP contribution in [0.25, 0.3) is 0 Å². The van der Waals surface area contributed by atoms with Gasteiger partial charge in [0.25, 0.3) is 0 Å². The summed E-state index contributed by atoms with van der Waals surface area (Å²) < 4.78 is 0.903. The molecule has 0 bridgehead atoms. The van der Waals surface area contributed by atoms with Crippen molar-refractivity contribution in [2.45, 2.75) is 41.7 Å². The van der Waals surface area contributed by atoms with Crippen molar-refractivity contribution in [2.75, 3.05) is 0 Å². The van der Waals surface area contributed by atoms with E-state index in [1.54, 1.807) is 11.8 Å². The largest absolute Gasteiger partial charge is 0.197 e. The van der Waals surface area contributed by atoms with Crippen LogP contribution in [-0.2, 0) is 0 Å². The highest BCUT2D eigenvalue weighted by Gasteiger charge is 2.33. The summed E-state index contributed by atoms with van der Waals surface area (Å²) in [5.74, 6) is 0. The van der Waals surface area contributed by atoms with Gasteiger partial charge in [-0.25, -0.2) is 0 Å². The molecule has 0 unspecified atom stereocenters. The number of halogens is 1. The molecule has 0 spiro atoms. The second-order valence-corrected chi connectivity index (χ2v) is 6.60. The first-order valence-electron chi connectivity index (χ1n) is 5.60. The third kappa shape index (κ3) is 2.81. The lowest BCUT2D eigenvalue weighted by Crippen LogP contribution is -2.25. The molecule has 1 nitrogen and oxygen atoms in total. The quantitative estimate of drug-likeness (QED) is 0.785. The van der Waals surface area contributed by atoms with Crippen LogP contribution in [0.4, 0.5) is 0 Å². The zero-order valence-corrected chi connectivity index (χ0v) is 11.5. The minimum atomic E-state index is -0.182. The molecule has 0 heterocycles. The molecule has 1 aliphatic carbocycles. The van der Waals surface area contributed by atoms with Gasteiger partial charge in [0, 0.05) is 9.37 Å². The molecule has 0 radical (unpaired) electrons. The van der Waals surface area contributed by atoms with Crippen molar-refractivity contribution in [1.29, 1.82) is 5.26 Å². The molecule has 1 aliphatic rings. The first kappa shape index (κ1) is 12.0. The number of thioether (sulfide) groups is 1. The maximum Gasteiger partial charge on any atom is 0.107 e. The van der Waals surface area contributed by atoms with Crippen LogP contribution in [0.2, 0.25) is 0 Å². The second kappa shape index (κ2) is 5.25. The zero-order chi connectivity index (χ0) is 11.4. The van der Waals surface area contributed by atoms with Gasteiger partial charge in [0.05, 0.1) is 6.07 Å². The van der Waals surface area contributed by atoms with E-state index in [2.05, 4.69) is 34.1 Å². The summed E-state index contributed by atoms with van der Waals surface area (Å²) in [7, 11) is 0. The highest BCUT2D eigenvalue weighted by atomic mass is 79.9. The Balaban J connectivity index is 2.15. The van der Waals surface area contributed by atoms with Crippen molar-refractivity contribution in [2.24, 2.45) is 0 Å². The Labute approximate surface area is 109 Å². The van der Waals surface area contributed by atoms with Crippen molar-refractivity contribution >= 4 is 27.7 Å². The van der Waals surface area contributed by atoms with E-state index in [1.807, 2.05) is 12.1 Å². The van der Waals surface area contributed by atoms with E-state index < -0.39 is 0 Å². The summed E-state index contributed by atoms with van der Waals surface area (Å²) in [5, 5.41) is 9.39. The second-order valence-electron chi connectivity index (χ2n) is 4.23. The molecule has 1 fully saturated rings. The maximum absolute atomic E-state index is 9.39. The molecule has 1 aromatic rings. The highest BCUT2D eigenvalue weighted by molar-refractivity contribution is 9.10. The number of rotatable bonds is 2. The van der Waals surface area contributed by atoms with E-state index in [4.69, 9.17) is 0 Å². The summed E-state index contributed by atoms with van der Waals surface area (Å²) in [6.07, 6.45) is 5.72. The molecular formula is C13H14BrNS. The Morgan fingerprint density at radius 3 is 2.62 bits per heavy atom. The van der Waals surface area contributed by atoms with E-state index in [0.29, 0.717) is 0 Å². The third-order valence-electron chi connectivity index (χ3n) is 2.97. The summed E-state index contributed by atoms with van der Waals surface area (Å²) in [6.45, 7) is 0. The fourth-order valence-corrected chi connectivity index (χ4v) is 3.99. The smallest absolute Gasteiger partial charge is 0.107 e. The fourth-order valence-electron chi connectivity index (χ4n) is 2.12. The molecule has 84 valence electrons. The Hall–Kier alpha value is -0.460. The normalized spacial score (nSPS) is 19.0. The molecule has 1 aromatic carbocycles. The van der Waals surface area contributed by atoms with Gasteiger partial charge in [0.1, 0.15) is 4.75 Å². The predicted molar refractivity (Wildman–Crippen MR) is 71.4 cm³/mol. The molecule has 0 amide bonds. The van der Waals surface area contributed by atoms with Crippen molar-refractivity contribution in [3.8, 4) is 6.07 Å². The van der Waals surface area contributed by atoms with Crippen LogP contribution >= 0.6 is 27.7 Å². The molecule has 3 heteroatoms. The number of hydrogen-bond donors (Lipinski definition) is 0. The SMILES string of the molecule is N#CC1(Sc2cccc(Br)c2)CCCCC1. The maximum atomic E-state index is 9.39. The summed E-state index contributed by atoms with van der Waals surface area (Å²) >= 11 is 5.21. The molecule has 2 rings (SSSR count). The molecule has 0 aromatic heterocycles. The van der Waals surface area contributed by atoms with E-state index in [1.165, 1.54) is 24.2 Å². The Morgan fingerprint density at radius 1 is 1.25 bits per heavy atom. The van der Waals surface area contributed by atoms with Gasteiger partial charge >= 0.3 is 0 Å². The molecule has 16 heavy (non-hydrogen) atoms. The highest BCUT2D eigenvalue weighted by Crippen LogP contribution is 2.43. The monoisotopic (exact) mass is 295 g/mol. The third-order valence-corrected chi connectivity index (χ3v) is 4.85. The zero-order valence-electron chi connectivity index (χ0n) is 9.08. The van der Waals surface area contributed by atoms with Gasteiger partial charge in [-0.1, -0.05) is 41.3 Å². The van der Waals surface area contributed by atoms with Crippen molar-refractivity contribution in [1.82, 2.24) is 0 Å². The lowest BCUT2D eigenvalue weighted by atomic mass is 9.89. The van der Waals surface area contributed by atoms with Crippen molar-refractivity contribution in [3.63, 3.8) is 0 Å². The molecule has 0 saturated heterocycles. The lowest BCUT2D eigenvalue weighted by molar-refractivity contribution is 0.459. The van der Waals surface area contributed by atoms with Gasteiger partial charge in [-0.2, -0.15) is 5.26 Å². The van der Waals surface area contributed by atoms with Gasteiger partial charge < -0.3 is 0 Å². The van der Waals surface area contributed by atoms with Crippen LogP contribution in [-0.4, -0.2) is 4.75 Å². The van der Waals surface area contributed by atoms with Crippen molar-refractivity contribution < 1.29 is 0 Å². The molecule has 0 aliphatic heterocycles. The Bertz CT molecular complexity index is 405. The van der Waals surface area contributed by atoms with Crippen LogP contribution < -0.4 is 0 Å². The average Bonchev–Trinajstić information content (AvgIpc) is 2.30. The average molecular weight is 296 g/mol. The van der Waals surface area contributed by atoms with Gasteiger partial charge in [-0.05, 0) is 31.0 Å². The predicted octanol–water partition coefficient (Wildman–Crippen LogP) is 4.77. The van der Waals surface area contributed by atoms with Crippen LogP contribution in [0.5, 0.6) is 0 Å². The molecule has 0 atom stereocenters. The van der Waals surface area contributed by atoms with Crippen LogP contribution in [0.15, 0.2) is 33.6 Å². The van der Waals surface area contributed by atoms with Gasteiger partial charge in [0.2, 0.25) is 0 Å². The Kier molecular flexibility index (Phi) is 3.94. The number of nitriles is 1. The van der Waals surface area contributed by atoms with Crippen LogP contribution in [0.1, 0.15) is 32.1 Å². The number of nitrogens with zero attached hydrogens (tertiary/aromatic N) is 1. The fraction of sp³-hybridized carbons (Fsp3) is 0.462.